The average Bonchev–Trinajstić information content (AvgIpc) is 2.94. The van der Waals surface area contributed by atoms with Crippen molar-refractivity contribution in [1.29, 1.82) is 0 Å². The molecule has 2 rings (SSSR count). The molecule has 43 heavy (non-hydrogen) atoms. The number of benzene rings is 2. The average molecular weight is 603 g/mol. The summed E-state index contributed by atoms with van der Waals surface area (Å²) in [6.45, 7) is 0. The van der Waals surface area contributed by atoms with Crippen molar-refractivity contribution in [3.63, 3.8) is 0 Å². The zero-order chi connectivity index (χ0) is 32.1. The summed E-state index contributed by atoms with van der Waals surface area (Å²) in [7, 11) is 0. The summed E-state index contributed by atoms with van der Waals surface area (Å²) < 4.78 is 0. The van der Waals surface area contributed by atoms with Crippen LogP contribution in [-0.4, -0.2) is 85.3 Å². The zero-order valence-electron chi connectivity index (χ0n) is 22.9. The normalized spacial score (nSPS) is 13.5. The Morgan fingerprint density at radius 2 is 0.977 bits per heavy atom. The quantitative estimate of drug-likeness (QED) is 0.111. The summed E-state index contributed by atoms with van der Waals surface area (Å²) in [5, 5.41) is 53.5. The third-order valence-corrected chi connectivity index (χ3v) is 6.28. The van der Waals surface area contributed by atoms with Crippen molar-refractivity contribution in [1.82, 2.24) is 16.0 Å². The number of nitrogens with two attached hydrogens (primary N) is 1. The Hall–Kier alpha value is -5.18. The Morgan fingerprint density at radius 1 is 0.581 bits per heavy atom. The lowest BCUT2D eigenvalue weighted by Crippen LogP contribution is -2.57. The third-order valence-electron chi connectivity index (χ3n) is 6.28. The highest BCUT2D eigenvalue weighted by molar-refractivity contribution is 5.94. The molecule has 10 N–H and O–H groups in total. The number of phenols is 2. The topological polar surface area (TPSA) is 266 Å². The number of hydrogen-bond donors (Lipinski definition) is 9. The van der Waals surface area contributed by atoms with E-state index in [-0.39, 0.29) is 30.8 Å². The highest BCUT2D eigenvalue weighted by atomic mass is 16.4. The predicted molar refractivity (Wildman–Crippen MR) is 149 cm³/mol. The van der Waals surface area contributed by atoms with Crippen molar-refractivity contribution < 1.29 is 54.3 Å². The van der Waals surface area contributed by atoms with Crippen LogP contribution in [0.25, 0.3) is 0 Å². The fourth-order valence-electron chi connectivity index (χ4n) is 3.94. The first-order valence-corrected chi connectivity index (χ1v) is 13.1. The number of carbonyl (C=O) groups excluding carboxylic acids is 3. The number of phenolic OH excluding ortho intramolecular Hbond substituents is 2. The van der Waals surface area contributed by atoms with E-state index >= 15 is 0 Å². The van der Waals surface area contributed by atoms with E-state index in [1.54, 1.807) is 12.1 Å². The van der Waals surface area contributed by atoms with Crippen molar-refractivity contribution >= 4 is 35.6 Å². The van der Waals surface area contributed by atoms with Crippen molar-refractivity contribution in [2.45, 2.75) is 62.7 Å². The number of carbonyl (C=O) groups is 6. The van der Waals surface area contributed by atoms with Gasteiger partial charge in [0.15, 0.2) is 0 Å². The van der Waals surface area contributed by atoms with Crippen LogP contribution in [-0.2, 0) is 41.6 Å². The minimum absolute atomic E-state index is 0.00892. The molecule has 15 heteroatoms. The van der Waals surface area contributed by atoms with Crippen LogP contribution >= 0.6 is 0 Å². The van der Waals surface area contributed by atoms with E-state index in [1.165, 1.54) is 36.4 Å². The molecule has 0 aliphatic heterocycles. The fraction of sp³-hybridized carbons (Fsp3) is 0.357. The summed E-state index contributed by atoms with van der Waals surface area (Å²) in [5.74, 6) is -6.84. The van der Waals surface area contributed by atoms with Crippen molar-refractivity contribution in [3.8, 4) is 11.5 Å². The Kier molecular flexibility index (Phi) is 12.9. The van der Waals surface area contributed by atoms with E-state index in [2.05, 4.69) is 16.0 Å². The highest BCUT2D eigenvalue weighted by Crippen LogP contribution is 2.13. The SMILES string of the molecule is NC(Cc1ccc(O)cc1)C(=O)NC(CCC(=O)O)C(=O)NC(Cc1ccc(O)cc1)C(=O)NC(CCC(=O)O)C(=O)O. The maximum Gasteiger partial charge on any atom is 0.326 e. The van der Waals surface area contributed by atoms with Gasteiger partial charge in [0.2, 0.25) is 17.7 Å². The summed E-state index contributed by atoms with van der Waals surface area (Å²) in [6.07, 6.45) is -2.08. The molecular formula is C28H34N4O11. The molecule has 0 aromatic heterocycles. The second-order valence-electron chi connectivity index (χ2n) is 9.73. The molecule has 0 spiro atoms. The highest BCUT2D eigenvalue weighted by Gasteiger charge is 2.31. The lowest BCUT2D eigenvalue weighted by atomic mass is 10.0. The summed E-state index contributed by atoms with van der Waals surface area (Å²) >= 11 is 0. The van der Waals surface area contributed by atoms with E-state index in [0.29, 0.717) is 11.1 Å². The van der Waals surface area contributed by atoms with E-state index in [9.17, 15) is 44.1 Å². The molecule has 0 saturated heterocycles. The molecule has 15 nitrogen and oxygen atoms in total. The van der Waals surface area contributed by atoms with Crippen LogP contribution in [0.15, 0.2) is 48.5 Å². The zero-order valence-corrected chi connectivity index (χ0v) is 22.9. The van der Waals surface area contributed by atoms with Gasteiger partial charge in [0, 0.05) is 19.3 Å². The molecule has 0 radical (unpaired) electrons. The summed E-state index contributed by atoms with van der Waals surface area (Å²) in [4.78, 5) is 73.1. The van der Waals surface area contributed by atoms with Crippen molar-refractivity contribution in [2.24, 2.45) is 5.73 Å². The largest absolute Gasteiger partial charge is 0.508 e. The molecule has 0 aliphatic carbocycles. The first kappa shape index (κ1) is 34.0. The van der Waals surface area contributed by atoms with Gasteiger partial charge in [0.1, 0.15) is 29.6 Å². The van der Waals surface area contributed by atoms with E-state index in [0.717, 1.165) is 0 Å². The Morgan fingerprint density at radius 3 is 1.44 bits per heavy atom. The van der Waals surface area contributed by atoms with Gasteiger partial charge in [-0.1, -0.05) is 24.3 Å². The standard InChI is InChI=1S/C28H34N4O11/c29-19(13-15-1-5-17(33)6-2-15)25(39)30-20(9-11-23(35)36)26(40)32-22(14-16-3-7-18(34)8-4-16)27(41)31-21(28(42)43)10-12-24(37)38/h1-8,19-22,33-34H,9-14,29H2,(H,30,39)(H,31,41)(H,32,40)(H,35,36)(H,37,38)(H,42,43). The summed E-state index contributed by atoms with van der Waals surface area (Å²) in [6, 6.07) is 5.79. The van der Waals surface area contributed by atoms with Gasteiger partial charge in [-0.25, -0.2) is 4.79 Å². The van der Waals surface area contributed by atoms with E-state index < -0.39 is 79.1 Å². The lowest BCUT2D eigenvalue weighted by Gasteiger charge is -2.25. The number of carboxylic acids is 3. The van der Waals surface area contributed by atoms with Gasteiger partial charge in [-0.05, 0) is 54.7 Å². The van der Waals surface area contributed by atoms with Crippen LogP contribution < -0.4 is 21.7 Å². The van der Waals surface area contributed by atoms with Crippen molar-refractivity contribution in [3.05, 3.63) is 59.7 Å². The monoisotopic (exact) mass is 602 g/mol. The molecule has 0 bridgehead atoms. The van der Waals surface area contributed by atoms with Crippen LogP contribution in [0.1, 0.15) is 36.8 Å². The number of aliphatic carboxylic acids is 3. The van der Waals surface area contributed by atoms with Gasteiger partial charge in [-0.15, -0.1) is 0 Å². The summed E-state index contributed by atoms with van der Waals surface area (Å²) in [5.41, 5.74) is 7.03. The van der Waals surface area contributed by atoms with Crippen LogP contribution in [0.2, 0.25) is 0 Å². The molecule has 0 fully saturated rings. The fourth-order valence-corrected chi connectivity index (χ4v) is 3.94. The molecule has 4 atom stereocenters. The van der Waals surface area contributed by atoms with Gasteiger partial charge < -0.3 is 47.2 Å². The Bertz CT molecular complexity index is 1300. The van der Waals surface area contributed by atoms with Gasteiger partial charge in [0.05, 0.1) is 6.04 Å². The Labute approximate surface area is 245 Å². The number of amides is 3. The van der Waals surface area contributed by atoms with Crippen molar-refractivity contribution in [2.75, 3.05) is 0 Å². The van der Waals surface area contributed by atoms with Gasteiger partial charge in [-0.3, -0.25) is 24.0 Å². The van der Waals surface area contributed by atoms with Crippen LogP contribution in [0.3, 0.4) is 0 Å². The smallest absolute Gasteiger partial charge is 0.326 e. The minimum atomic E-state index is -1.59. The second kappa shape index (κ2) is 16.3. The number of hydrogen-bond acceptors (Lipinski definition) is 9. The number of nitrogens with one attached hydrogen (secondary N) is 3. The number of aromatic hydroxyl groups is 2. The minimum Gasteiger partial charge on any atom is -0.508 e. The first-order chi connectivity index (χ1) is 20.2. The van der Waals surface area contributed by atoms with Gasteiger partial charge in [-0.2, -0.15) is 0 Å². The Balaban J connectivity index is 2.25. The second-order valence-corrected chi connectivity index (χ2v) is 9.73. The molecule has 2 aromatic rings. The molecule has 232 valence electrons. The molecule has 2 aromatic carbocycles. The molecule has 4 unspecified atom stereocenters. The van der Waals surface area contributed by atoms with Crippen LogP contribution in [0.5, 0.6) is 11.5 Å². The molecule has 0 aliphatic rings. The van der Waals surface area contributed by atoms with Gasteiger partial charge in [0.25, 0.3) is 0 Å². The first-order valence-electron chi connectivity index (χ1n) is 13.1. The number of carboxylic acid groups (broad SMARTS) is 3. The van der Waals surface area contributed by atoms with E-state index in [1.807, 2.05) is 0 Å². The lowest BCUT2D eigenvalue weighted by molar-refractivity contribution is -0.143. The third kappa shape index (κ3) is 12.1. The maximum absolute atomic E-state index is 13.3. The van der Waals surface area contributed by atoms with E-state index in [4.69, 9.17) is 15.9 Å². The van der Waals surface area contributed by atoms with Crippen LogP contribution in [0, 0.1) is 0 Å². The molecule has 3 amide bonds. The molecule has 0 saturated carbocycles. The number of rotatable bonds is 17. The maximum atomic E-state index is 13.3. The van der Waals surface area contributed by atoms with Gasteiger partial charge >= 0.3 is 17.9 Å². The molecule has 0 heterocycles. The predicted octanol–water partition coefficient (Wildman–Crippen LogP) is -0.521. The molecular weight excluding hydrogens is 568 g/mol. The van der Waals surface area contributed by atoms with Crippen LogP contribution in [0.4, 0.5) is 0 Å².